The number of hydrogen-bond acceptors (Lipinski definition) is 3. The first kappa shape index (κ1) is 22.5. The summed E-state index contributed by atoms with van der Waals surface area (Å²) < 4.78 is 39.2. The lowest BCUT2D eigenvalue weighted by Gasteiger charge is -2.15. The van der Waals surface area contributed by atoms with Gasteiger partial charge in [0.05, 0.1) is 16.9 Å². The monoisotopic (exact) mass is 441 g/mol. The van der Waals surface area contributed by atoms with Crippen molar-refractivity contribution in [2.75, 3.05) is 16.0 Å². The van der Waals surface area contributed by atoms with E-state index in [1.54, 1.807) is 30.3 Å². The van der Waals surface area contributed by atoms with Crippen molar-refractivity contribution in [2.45, 2.75) is 13.1 Å². The third-order valence-corrected chi connectivity index (χ3v) is 4.35. The van der Waals surface area contributed by atoms with Crippen molar-refractivity contribution in [3.63, 3.8) is 0 Å². The van der Waals surface area contributed by atoms with Gasteiger partial charge in [-0.25, -0.2) is 0 Å². The van der Waals surface area contributed by atoms with E-state index in [9.17, 15) is 27.6 Å². The summed E-state index contributed by atoms with van der Waals surface area (Å²) in [5, 5.41) is 7.46. The highest BCUT2D eigenvalue weighted by Crippen LogP contribution is 2.34. The van der Waals surface area contributed by atoms with Crippen LogP contribution in [0.1, 0.15) is 33.2 Å². The third-order valence-electron chi connectivity index (χ3n) is 4.35. The van der Waals surface area contributed by atoms with E-state index in [1.807, 2.05) is 0 Å². The van der Waals surface area contributed by atoms with E-state index >= 15 is 0 Å². The molecule has 0 unspecified atom stereocenters. The van der Waals surface area contributed by atoms with Gasteiger partial charge >= 0.3 is 6.18 Å². The van der Waals surface area contributed by atoms with Gasteiger partial charge in [0.1, 0.15) is 0 Å². The van der Waals surface area contributed by atoms with E-state index < -0.39 is 23.6 Å². The Hall–Kier alpha value is -4.14. The lowest BCUT2D eigenvalue weighted by atomic mass is 10.1. The molecule has 0 aliphatic rings. The van der Waals surface area contributed by atoms with Crippen LogP contribution in [0.2, 0.25) is 0 Å². The number of anilines is 3. The Labute approximate surface area is 181 Å². The van der Waals surface area contributed by atoms with Gasteiger partial charge in [-0.3, -0.25) is 14.4 Å². The molecular formula is C23H18F3N3O3. The molecule has 0 aromatic heterocycles. The van der Waals surface area contributed by atoms with Crippen molar-refractivity contribution >= 4 is 34.8 Å². The maximum absolute atomic E-state index is 13.1. The van der Waals surface area contributed by atoms with Crippen molar-refractivity contribution in [2.24, 2.45) is 0 Å². The molecular weight excluding hydrogens is 423 g/mol. The van der Waals surface area contributed by atoms with Crippen molar-refractivity contribution in [1.29, 1.82) is 0 Å². The highest BCUT2D eigenvalue weighted by molar-refractivity contribution is 6.08. The molecule has 0 radical (unpaired) electrons. The second kappa shape index (κ2) is 9.34. The summed E-state index contributed by atoms with van der Waals surface area (Å²) in [4.78, 5) is 36.1. The summed E-state index contributed by atoms with van der Waals surface area (Å²) in [6.45, 7) is 1.20. The van der Waals surface area contributed by atoms with Crippen LogP contribution < -0.4 is 16.0 Å². The topological polar surface area (TPSA) is 87.3 Å². The Kier molecular flexibility index (Phi) is 6.58. The van der Waals surface area contributed by atoms with Crippen LogP contribution in [0.15, 0.2) is 72.8 Å². The molecule has 0 saturated heterocycles. The molecule has 3 aromatic rings. The zero-order chi connectivity index (χ0) is 23.3. The van der Waals surface area contributed by atoms with Gasteiger partial charge in [0.2, 0.25) is 5.91 Å². The van der Waals surface area contributed by atoms with Crippen LogP contribution in [-0.2, 0) is 11.0 Å². The number of carbonyl (C=O) groups excluding carboxylic acids is 3. The average molecular weight is 441 g/mol. The maximum atomic E-state index is 13.1. The molecule has 0 fully saturated rings. The number of carbonyl (C=O) groups is 3. The minimum absolute atomic E-state index is 0.0330. The number of benzene rings is 3. The fourth-order valence-electron chi connectivity index (χ4n) is 2.81. The molecule has 6 nitrogen and oxygen atoms in total. The fourth-order valence-corrected chi connectivity index (χ4v) is 2.81. The third kappa shape index (κ3) is 5.72. The number of rotatable bonds is 5. The molecule has 0 spiro atoms. The van der Waals surface area contributed by atoms with Gasteiger partial charge in [0.25, 0.3) is 11.8 Å². The van der Waals surface area contributed by atoms with Crippen molar-refractivity contribution in [3.8, 4) is 0 Å². The molecule has 3 rings (SSSR count). The van der Waals surface area contributed by atoms with Crippen LogP contribution in [0.3, 0.4) is 0 Å². The molecule has 3 aromatic carbocycles. The van der Waals surface area contributed by atoms with Gasteiger partial charge < -0.3 is 16.0 Å². The fraction of sp³-hybridized carbons (Fsp3) is 0.0870. The van der Waals surface area contributed by atoms with Crippen LogP contribution in [-0.4, -0.2) is 17.7 Å². The van der Waals surface area contributed by atoms with Crippen LogP contribution in [0.25, 0.3) is 0 Å². The summed E-state index contributed by atoms with van der Waals surface area (Å²) in [5.41, 5.74) is -0.0837. The number of hydrogen-bond donors (Lipinski definition) is 3. The zero-order valence-electron chi connectivity index (χ0n) is 16.8. The van der Waals surface area contributed by atoms with Crippen LogP contribution >= 0.6 is 0 Å². The second-order valence-corrected chi connectivity index (χ2v) is 6.79. The first-order valence-corrected chi connectivity index (χ1v) is 9.40. The second-order valence-electron chi connectivity index (χ2n) is 6.79. The quantitative estimate of drug-likeness (QED) is 0.511. The molecule has 0 heterocycles. The van der Waals surface area contributed by atoms with E-state index in [2.05, 4.69) is 16.0 Å². The molecule has 0 aliphatic carbocycles. The predicted octanol–water partition coefficient (Wildman–Crippen LogP) is 5.17. The molecule has 0 bridgehead atoms. The van der Waals surface area contributed by atoms with Crippen molar-refractivity contribution < 1.29 is 27.6 Å². The highest BCUT2D eigenvalue weighted by Gasteiger charge is 2.31. The zero-order valence-corrected chi connectivity index (χ0v) is 16.8. The predicted molar refractivity (Wildman–Crippen MR) is 115 cm³/mol. The van der Waals surface area contributed by atoms with Gasteiger partial charge in [0, 0.05) is 23.7 Å². The Morgan fingerprint density at radius 3 is 1.88 bits per heavy atom. The van der Waals surface area contributed by atoms with Gasteiger partial charge in [0.15, 0.2) is 0 Å². The van der Waals surface area contributed by atoms with E-state index in [0.29, 0.717) is 11.3 Å². The van der Waals surface area contributed by atoms with Gasteiger partial charge in [-0.1, -0.05) is 18.2 Å². The number of halogens is 3. The lowest BCUT2D eigenvalue weighted by molar-refractivity contribution is -0.137. The largest absolute Gasteiger partial charge is 0.416 e. The normalized spacial score (nSPS) is 10.9. The van der Waals surface area contributed by atoms with Gasteiger partial charge in [-0.2, -0.15) is 13.2 Å². The molecule has 0 aliphatic heterocycles. The average Bonchev–Trinajstić information content (AvgIpc) is 2.75. The van der Waals surface area contributed by atoms with E-state index in [4.69, 9.17) is 0 Å². The maximum Gasteiger partial charge on any atom is 0.416 e. The van der Waals surface area contributed by atoms with Crippen molar-refractivity contribution in [1.82, 2.24) is 0 Å². The Balaban J connectivity index is 1.76. The van der Waals surface area contributed by atoms with E-state index in [1.165, 1.54) is 31.2 Å². The molecule has 3 amide bonds. The Morgan fingerprint density at radius 2 is 1.28 bits per heavy atom. The van der Waals surface area contributed by atoms with E-state index in [0.717, 1.165) is 18.2 Å². The van der Waals surface area contributed by atoms with Crippen molar-refractivity contribution in [3.05, 3.63) is 89.5 Å². The first-order valence-electron chi connectivity index (χ1n) is 9.40. The van der Waals surface area contributed by atoms with Crippen LogP contribution in [0.4, 0.5) is 30.2 Å². The first-order chi connectivity index (χ1) is 15.1. The molecule has 0 saturated carbocycles. The SMILES string of the molecule is CC(=O)Nc1ccc(C(F)(F)F)cc1NC(=O)c1ccc(NC(=O)c2ccccc2)cc1. The number of amides is 3. The summed E-state index contributed by atoms with van der Waals surface area (Å²) in [7, 11) is 0. The molecule has 9 heteroatoms. The van der Waals surface area contributed by atoms with Gasteiger partial charge in [-0.05, 0) is 54.6 Å². The molecule has 32 heavy (non-hydrogen) atoms. The summed E-state index contributed by atoms with van der Waals surface area (Å²) in [5.74, 6) is -1.51. The summed E-state index contributed by atoms with van der Waals surface area (Å²) >= 11 is 0. The standard InChI is InChI=1S/C23H18F3N3O3/c1-14(30)27-19-12-9-17(23(24,25)26)13-20(19)29-22(32)16-7-10-18(11-8-16)28-21(31)15-5-3-2-4-6-15/h2-13H,1H3,(H,27,30)(H,28,31)(H,29,32). The smallest absolute Gasteiger partial charge is 0.325 e. The van der Waals surface area contributed by atoms with Gasteiger partial charge in [-0.15, -0.1) is 0 Å². The van der Waals surface area contributed by atoms with Crippen LogP contribution in [0.5, 0.6) is 0 Å². The highest BCUT2D eigenvalue weighted by atomic mass is 19.4. The number of alkyl halides is 3. The molecule has 164 valence electrons. The number of nitrogens with one attached hydrogen (secondary N) is 3. The Bertz CT molecular complexity index is 1140. The molecule has 0 atom stereocenters. The van der Waals surface area contributed by atoms with E-state index in [-0.39, 0.29) is 22.8 Å². The summed E-state index contributed by atoms with van der Waals surface area (Å²) in [6.07, 6.45) is -4.62. The minimum Gasteiger partial charge on any atom is -0.325 e. The minimum atomic E-state index is -4.62. The summed E-state index contributed by atoms with van der Waals surface area (Å²) in [6, 6.07) is 17.0. The molecule has 3 N–H and O–H groups in total. The lowest BCUT2D eigenvalue weighted by Crippen LogP contribution is -2.17. The Morgan fingerprint density at radius 1 is 0.688 bits per heavy atom. The van der Waals surface area contributed by atoms with Crippen LogP contribution in [0, 0.1) is 0 Å².